The summed E-state index contributed by atoms with van der Waals surface area (Å²) in [4.78, 5) is 23.5. The van der Waals surface area contributed by atoms with Crippen molar-refractivity contribution in [2.75, 3.05) is 23.3 Å². The van der Waals surface area contributed by atoms with Gasteiger partial charge in [-0.1, -0.05) is 18.7 Å². The molecule has 1 aliphatic heterocycles. The largest absolute Gasteiger partial charge is 0.508 e. The number of nitrogens with zero attached hydrogens (tertiary/aromatic N) is 4. The molecule has 1 aromatic carbocycles. The molecule has 1 atom stereocenters. The maximum atomic E-state index is 14.6. The first-order valence-electron chi connectivity index (χ1n) is 11.5. The smallest absolute Gasteiger partial charge is 0.412 e. The van der Waals surface area contributed by atoms with Gasteiger partial charge in [-0.2, -0.15) is 13.2 Å². The van der Waals surface area contributed by atoms with E-state index < -0.39 is 34.9 Å². The van der Waals surface area contributed by atoms with Gasteiger partial charge < -0.3 is 15.3 Å². The standard InChI is InChI=1S/C26H23F4N5O2/c1-14(36)18-8-5-9-31-23(18)33-22(26(28,29)30)19-10-17(27)11-20-21(19)32-25(34(2)24(20)37)35-12-15-6-3-4-7-16(15)13-35/h3,5-6,8-11,22,36H,1,4,7,12-13H2,2H3,(H,31,33). The van der Waals surface area contributed by atoms with Crippen molar-refractivity contribution >= 4 is 28.4 Å². The van der Waals surface area contributed by atoms with Crippen molar-refractivity contribution in [2.24, 2.45) is 7.05 Å². The number of hydrogen-bond donors (Lipinski definition) is 2. The number of halogens is 4. The lowest BCUT2D eigenvalue weighted by atomic mass is 10.0. The Bertz CT molecular complexity index is 1540. The minimum atomic E-state index is -4.94. The van der Waals surface area contributed by atoms with Gasteiger partial charge in [0, 0.05) is 31.9 Å². The van der Waals surface area contributed by atoms with Crippen LogP contribution in [0.15, 0.2) is 65.1 Å². The molecule has 1 aliphatic carbocycles. The summed E-state index contributed by atoms with van der Waals surface area (Å²) in [6.07, 6.45) is 2.14. The minimum Gasteiger partial charge on any atom is -0.508 e. The molecule has 3 aromatic rings. The highest BCUT2D eigenvalue weighted by atomic mass is 19.4. The molecule has 7 nitrogen and oxygen atoms in total. The topological polar surface area (TPSA) is 83.3 Å². The number of allylic oxidation sites excluding steroid dienone is 1. The summed E-state index contributed by atoms with van der Waals surface area (Å²) in [5.41, 5.74) is 0.737. The van der Waals surface area contributed by atoms with Crippen LogP contribution in [-0.2, 0) is 7.05 Å². The van der Waals surface area contributed by atoms with E-state index in [0.717, 1.165) is 30.5 Å². The molecule has 37 heavy (non-hydrogen) atoms. The van der Waals surface area contributed by atoms with Gasteiger partial charge in [0.25, 0.3) is 5.56 Å². The van der Waals surface area contributed by atoms with Gasteiger partial charge in [-0.05, 0) is 48.3 Å². The first kappa shape index (κ1) is 24.5. The van der Waals surface area contributed by atoms with Crippen LogP contribution in [0.4, 0.5) is 29.3 Å². The van der Waals surface area contributed by atoms with Gasteiger partial charge in [0.05, 0.1) is 16.5 Å². The molecule has 0 bridgehead atoms. The summed E-state index contributed by atoms with van der Waals surface area (Å²) in [6, 6.07) is 1.90. The number of aromatic nitrogens is 3. The molecular formula is C26H23F4N5O2. The highest BCUT2D eigenvalue weighted by molar-refractivity contribution is 5.84. The maximum absolute atomic E-state index is 14.6. The van der Waals surface area contributed by atoms with E-state index in [9.17, 15) is 27.5 Å². The van der Waals surface area contributed by atoms with Gasteiger partial charge >= 0.3 is 6.18 Å². The van der Waals surface area contributed by atoms with E-state index in [4.69, 9.17) is 0 Å². The quantitative estimate of drug-likeness (QED) is 0.362. The van der Waals surface area contributed by atoms with Crippen molar-refractivity contribution in [3.8, 4) is 0 Å². The molecule has 2 aliphatic rings. The third-order valence-electron chi connectivity index (χ3n) is 6.60. The number of nitrogens with one attached hydrogen (secondary N) is 1. The summed E-state index contributed by atoms with van der Waals surface area (Å²) in [7, 11) is 1.47. The van der Waals surface area contributed by atoms with Crippen molar-refractivity contribution in [1.82, 2.24) is 14.5 Å². The van der Waals surface area contributed by atoms with Gasteiger partial charge in [-0.25, -0.2) is 14.4 Å². The lowest BCUT2D eigenvalue weighted by Gasteiger charge is -2.26. The number of aliphatic hydroxyl groups is 1. The number of rotatable bonds is 5. The normalized spacial score (nSPS) is 16.3. The SMILES string of the molecule is C=C(O)c1cccnc1NC(c1cc(F)cc2c(=O)n(C)c(N3CC4=C(CCC=C4)C3)nc12)C(F)(F)F. The molecule has 2 N–H and O–H groups in total. The van der Waals surface area contributed by atoms with E-state index in [0.29, 0.717) is 13.1 Å². The van der Waals surface area contributed by atoms with Crippen LogP contribution in [0.2, 0.25) is 0 Å². The second-order valence-corrected chi connectivity index (χ2v) is 9.06. The predicted octanol–water partition coefficient (Wildman–Crippen LogP) is 5.18. The molecule has 11 heteroatoms. The Hall–Kier alpha value is -4.15. The Morgan fingerprint density at radius 1 is 1.27 bits per heavy atom. The van der Waals surface area contributed by atoms with E-state index in [1.807, 2.05) is 11.0 Å². The molecule has 0 spiro atoms. The van der Waals surface area contributed by atoms with Crippen molar-refractivity contribution in [3.63, 3.8) is 0 Å². The first-order valence-corrected chi connectivity index (χ1v) is 11.5. The minimum absolute atomic E-state index is 0.0520. The van der Waals surface area contributed by atoms with Crippen molar-refractivity contribution in [2.45, 2.75) is 25.1 Å². The van der Waals surface area contributed by atoms with Crippen LogP contribution in [0, 0.1) is 5.82 Å². The number of pyridine rings is 1. The lowest BCUT2D eigenvalue weighted by molar-refractivity contribution is -0.143. The number of benzene rings is 1. The van der Waals surface area contributed by atoms with Gasteiger partial charge in [0.1, 0.15) is 17.4 Å². The van der Waals surface area contributed by atoms with Gasteiger partial charge in [0.2, 0.25) is 5.95 Å². The summed E-state index contributed by atoms with van der Waals surface area (Å²) in [6.45, 7) is 4.33. The highest BCUT2D eigenvalue weighted by Crippen LogP contribution is 2.39. The molecular weight excluding hydrogens is 490 g/mol. The first-order chi connectivity index (χ1) is 17.5. The summed E-state index contributed by atoms with van der Waals surface area (Å²) in [5.74, 6) is -1.62. The molecule has 0 amide bonds. The van der Waals surface area contributed by atoms with Crippen molar-refractivity contribution in [3.05, 3.63) is 87.6 Å². The zero-order valence-corrected chi connectivity index (χ0v) is 19.8. The molecule has 5 rings (SSSR count). The molecule has 0 radical (unpaired) electrons. The van der Waals surface area contributed by atoms with Crippen LogP contribution < -0.4 is 15.8 Å². The van der Waals surface area contributed by atoms with Crippen LogP contribution in [-0.4, -0.2) is 38.9 Å². The Kier molecular flexibility index (Phi) is 6.01. The molecule has 0 saturated carbocycles. The number of alkyl halides is 3. The maximum Gasteiger partial charge on any atom is 0.412 e. The second kappa shape index (κ2) is 9.06. The lowest BCUT2D eigenvalue weighted by Crippen LogP contribution is -2.33. The van der Waals surface area contributed by atoms with Crippen LogP contribution in [0.5, 0.6) is 0 Å². The molecule has 192 valence electrons. The summed E-state index contributed by atoms with van der Waals surface area (Å²) >= 11 is 0. The number of fused-ring (bicyclic) bond motifs is 1. The van der Waals surface area contributed by atoms with E-state index in [2.05, 4.69) is 27.9 Å². The highest BCUT2D eigenvalue weighted by Gasteiger charge is 2.43. The number of anilines is 2. The molecule has 1 unspecified atom stereocenters. The summed E-state index contributed by atoms with van der Waals surface area (Å²) < 4.78 is 59.2. The molecule has 0 fully saturated rings. The van der Waals surface area contributed by atoms with Gasteiger partial charge in [-0.3, -0.25) is 9.36 Å². The fraction of sp³-hybridized carbons (Fsp3) is 0.269. The zero-order chi connectivity index (χ0) is 26.5. The van der Waals surface area contributed by atoms with E-state index in [1.165, 1.54) is 35.5 Å². The summed E-state index contributed by atoms with van der Waals surface area (Å²) in [5, 5.41) is 11.8. The number of aliphatic hydroxyl groups excluding tert-OH is 1. The number of hydrogen-bond acceptors (Lipinski definition) is 6. The van der Waals surface area contributed by atoms with Crippen LogP contribution in [0.1, 0.15) is 30.0 Å². The van der Waals surface area contributed by atoms with E-state index in [-0.39, 0.29) is 28.2 Å². The molecule has 3 heterocycles. The fourth-order valence-electron chi connectivity index (χ4n) is 4.82. The Morgan fingerprint density at radius 2 is 2.05 bits per heavy atom. The third kappa shape index (κ3) is 4.45. The van der Waals surface area contributed by atoms with Gasteiger partial charge in [-0.15, -0.1) is 0 Å². The second-order valence-electron chi connectivity index (χ2n) is 9.06. The monoisotopic (exact) mass is 513 g/mol. The van der Waals surface area contributed by atoms with Crippen LogP contribution in [0.3, 0.4) is 0 Å². The molecule has 2 aromatic heterocycles. The fourth-order valence-corrected chi connectivity index (χ4v) is 4.82. The van der Waals surface area contributed by atoms with Crippen LogP contribution >= 0.6 is 0 Å². The van der Waals surface area contributed by atoms with Crippen molar-refractivity contribution in [1.29, 1.82) is 0 Å². The zero-order valence-electron chi connectivity index (χ0n) is 19.8. The van der Waals surface area contributed by atoms with Crippen LogP contribution in [0.25, 0.3) is 16.7 Å². The Labute approximate surface area is 209 Å². The average Bonchev–Trinajstić information content (AvgIpc) is 3.28. The average molecular weight is 513 g/mol. The Morgan fingerprint density at radius 3 is 2.76 bits per heavy atom. The Balaban J connectivity index is 1.67. The molecule has 0 saturated heterocycles. The van der Waals surface area contributed by atoms with Crippen molar-refractivity contribution < 1.29 is 22.7 Å². The van der Waals surface area contributed by atoms with E-state index >= 15 is 0 Å². The third-order valence-corrected chi connectivity index (χ3v) is 6.60. The van der Waals surface area contributed by atoms with Gasteiger partial charge in [0.15, 0.2) is 6.04 Å². The predicted molar refractivity (Wildman–Crippen MR) is 133 cm³/mol. The van der Waals surface area contributed by atoms with E-state index in [1.54, 1.807) is 0 Å².